The molecule has 1 unspecified atom stereocenters. The van der Waals surface area contributed by atoms with Crippen LogP contribution < -0.4 is 0 Å². The maximum Gasteiger partial charge on any atom is 0.0574 e. The fourth-order valence-corrected chi connectivity index (χ4v) is 4.50. The van der Waals surface area contributed by atoms with Crippen molar-refractivity contribution in [2.24, 2.45) is 0 Å². The zero-order valence-corrected chi connectivity index (χ0v) is 17.3. The van der Waals surface area contributed by atoms with Crippen molar-refractivity contribution >= 4 is 22.9 Å². The van der Waals surface area contributed by atoms with Gasteiger partial charge in [-0.25, -0.2) is 3.11 Å². The average Bonchev–Trinajstić information content (AvgIpc) is 3.36. The largest absolute Gasteiger partial charge is 0.296 e. The predicted molar refractivity (Wildman–Crippen MR) is 110 cm³/mol. The fraction of sp³-hybridized carbons (Fsp3) is 0.550. The minimum atomic E-state index is 0.464. The second-order valence-corrected chi connectivity index (χ2v) is 8.96. The molecule has 1 aliphatic carbocycles. The first-order valence-corrected chi connectivity index (χ1v) is 10.3. The van der Waals surface area contributed by atoms with Gasteiger partial charge >= 0.3 is 0 Å². The summed E-state index contributed by atoms with van der Waals surface area (Å²) in [4.78, 5) is 2.59. The maximum absolute atomic E-state index is 4.55. The van der Waals surface area contributed by atoms with Crippen molar-refractivity contribution < 1.29 is 0 Å². The summed E-state index contributed by atoms with van der Waals surface area (Å²) in [5.41, 5.74) is 4.33. The summed E-state index contributed by atoms with van der Waals surface area (Å²) in [5.74, 6) is 0.563. The van der Waals surface area contributed by atoms with Crippen LogP contribution in [0.3, 0.4) is 0 Å². The van der Waals surface area contributed by atoms with Gasteiger partial charge in [-0.3, -0.25) is 9.58 Å². The standard InChI is InChI=1S/C20H27IN4/c1-15(2)18-5-3-4-6-19(18)20-14-23(9-10-24(20)21)12-16-11-22-25(13-16)17-7-8-17/h3-6,11,13,15,17,20H,7-10,12,14H2,1-2H3. The van der Waals surface area contributed by atoms with E-state index in [-0.39, 0.29) is 0 Å². The second kappa shape index (κ2) is 7.37. The van der Waals surface area contributed by atoms with Crippen molar-refractivity contribution in [2.45, 2.75) is 51.2 Å². The van der Waals surface area contributed by atoms with Gasteiger partial charge in [-0.1, -0.05) is 38.1 Å². The highest BCUT2D eigenvalue weighted by atomic mass is 127. The molecule has 4 nitrogen and oxygen atoms in total. The molecular formula is C20H27IN4. The van der Waals surface area contributed by atoms with Crippen LogP contribution in [0.5, 0.6) is 0 Å². The van der Waals surface area contributed by atoms with E-state index < -0.39 is 0 Å². The lowest BCUT2D eigenvalue weighted by Gasteiger charge is -2.39. The van der Waals surface area contributed by atoms with Crippen LogP contribution in [0.25, 0.3) is 0 Å². The summed E-state index contributed by atoms with van der Waals surface area (Å²) in [6.45, 7) is 8.91. The van der Waals surface area contributed by atoms with Gasteiger partial charge in [0.15, 0.2) is 0 Å². The summed E-state index contributed by atoms with van der Waals surface area (Å²) in [5, 5.41) is 4.55. The smallest absolute Gasteiger partial charge is 0.0574 e. The lowest BCUT2D eigenvalue weighted by molar-refractivity contribution is 0.148. The second-order valence-electron chi connectivity index (χ2n) is 7.72. The van der Waals surface area contributed by atoms with Crippen molar-refractivity contribution in [1.82, 2.24) is 17.8 Å². The predicted octanol–water partition coefficient (Wildman–Crippen LogP) is 4.55. The first-order valence-electron chi connectivity index (χ1n) is 9.38. The van der Waals surface area contributed by atoms with Crippen molar-refractivity contribution in [3.05, 3.63) is 53.3 Å². The van der Waals surface area contributed by atoms with E-state index in [0.717, 1.165) is 26.2 Å². The Morgan fingerprint density at radius 2 is 2.00 bits per heavy atom. The first-order chi connectivity index (χ1) is 12.1. The van der Waals surface area contributed by atoms with Crippen molar-refractivity contribution in [1.29, 1.82) is 0 Å². The van der Waals surface area contributed by atoms with Gasteiger partial charge in [0, 0.05) is 60.8 Å². The topological polar surface area (TPSA) is 24.3 Å². The lowest BCUT2D eigenvalue weighted by Crippen LogP contribution is -2.44. The molecule has 1 saturated heterocycles. The molecule has 2 fully saturated rings. The maximum atomic E-state index is 4.55. The molecule has 0 amide bonds. The molecule has 1 aromatic carbocycles. The highest BCUT2D eigenvalue weighted by Gasteiger charge is 2.29. The van der Waals surface area contributed by atoms with E-state index in [1.54, 1.807) is 0 Å². The Hall–Kier alpha value is -0.920. The van der Waals surface area contributed by atoms with Gasteiger partial charge < -0.3 is 0 Å². The Morgan fingerprint density at radius 3 is 2.76 bits per heavy atom. The molecule has 1 aliphatic heterocycles. The number of benzene rings is 1. The summed E-state index contributed by atoms with van der Waals surface area (Å²) in [7, 11) is 0. The van der Waals surface area contributed by atoms with Gasteiger partial charge in [-0.2, -0.15) is 5.10 Å². The van der Waals surface area contributed by atoms with Crippen LogP contribution in [0.1, 0.15) is 61.4 Å². The Morgan fingerprint density at radius 1 is 1.20 bits per heavy atom. The summed E-state index contributed by atoms with van der Waals surface area (Å²) < 4.78 is 4.65. The van der Waals surface area contributed by atoms with Crippen LogP contribution in [-0.4, -0.2) is 37.4 Å². The third-order valence-corrected chi connectivity index (χ3v) is 6.51. The van der Waals surface area contributed by atoms with Crippen LogP contribution >= 0.6 is 22.9 Å². The van der Waals surface area contributed by atoms with Gasteiger partial charge in [-0.05, 0) is 29.9 Å². The Labute approximate surface area is 164 Å². The van der Waals surface area contributed by atoms with E-state index in [4.69, 9.17) is 0 Å². The molecule has 1 atom stereocenters. The molecule has 2 aromatic rings. The molecule has 4 rings (SSSR count). The van der Waals surface area contributed by atoms with Gasteiger partial charge in [0.05, 0.1) is 18.3 Å². The van der Waals surface area contributed by atoms with E-state index in [2.05, 4.69) is 91.2 Å². The Kier molecular flexibility index (Phi) is 5.15. The number of halogens is 1. The third-order valence-electron chi connectivity index (χ3n) is 5.36. The number of hydrogen-bond donors (Lipinski definition) is 0. The molecule has 25 heavy (non-hydrogen) atoms. The van der Waals surface area contributed by atoms with E-state index >= 15 is 0 Å². The highest BCUT2D eigenvalue weighted by Crippen LogP contribution is 2.35. The van der Waals surface area contributed by atoms with E-state index in [9.17, 15) is 0 Å². The van der Waals surface area contributed by atoms with E-state index in [1.807, 2.05) is 0 Å². The van der Waals surface area contributed by atoms with E-state index in [0.29, 0.717) is 18.0 Å². The minimum absolute atomic E-state index is 0.464. The molecule has 0 radical (unpaired) electrons. The van der Waals surface area contributed by atoms with Gasteiger partial charge in [0.1, 0.15) is 0 Å². The van der Waals surface area contributed by atoms with Gasteiger partial charge in [-0.15, -0.1) is 0 Å². The third kappa shape index (κ3) is 3.93. The number of piperazine rings is 1. The Balaban J connectivity index is 1.49. The Bertz CT molecular complexity index is 722. The quantitative estimate of drug-likeness (QED) is 0.494. The van der Waals surface area contributed by atoms with Crippen LogP contribution in [0.2, 0.25) is 0 Å². The summed E-state index contributed by atoms with van der Waals surface area (Å²) >= 11 is 2.51. The summed E-state index contributed by atoms with van der Waals surface area (Å²) in [6, 6.07) is 10.1. The highest BCUT2D eigenvalue weighted by molar-refractivity contribution is 14.1. The van der Waals surface area contributed by atoms with Gasteiger partial charge in [0.25, 0.3) is 0 Å². The molecule has 0 bridgehead atoms. The normalized spacial score (nSPS) is 22.6. The van der Waals surface area contributed by atoms with Crippen LogP contribution in [0.15, 0.2) is 36.7 Å². The van der Waals surface area contributed by atoms with Gasteiger partial charge in [0.2, 0.25) is 0 Å². The molecule has 1 saturated carbocycles. The molecule has 2 aliphatic rings. The van der Waals surface area contributed by atoms with Crippen LogP contribution in [0.4, 0.5) is 0 Å². The minimum Gasteiger partial charge on any atom is -0.296 e. The van der Waals surface area contributed by atoms with Crippen molar-refractivity contribution in [3.63, 3.8) is 0 Å². The monoisotopic (exact) mass is 450 g/mol. The number of nitrogens with zero attached hydrogens (tertiary/aromatic N) is 4. The van der Waals surface area contributed by atoms with Crippen LogP contribution in [-0.2, 0) is 6.54 Å². The summed E-state index contributed by atoms with van der Waals surface area (Å²) in [6.07, 6.45) is 6.91. The average molecular weight is 450 g/mol. The molecule has 0 N–H and O–H groups in total. The fourth-order valence-electron chi connectivity index (χ4n) is 3.81. The SMILES string of the molecule is CC(C)c1ccccc1C1CN(Cc2cnn(C3CC3)c2)CCN1I. The molecule has 2 heterocycles. The van der Waals surface area contributed by atoms with Crippen molar-refractivity contribution in [3.8, 4) is 0 Å². The zero-order chi connectivity index (χ0) is 17.4. The molecule has 134 valence electrons. The number of rotatable bonds is 5. The van der Waals surface area contributed by atoms with E-state index in [1.165, 1.54) is 29.5 Å². The first kappa shape index (κ1) is 17.5. The number of aromatic nitrogens is 2. The van der Waals surface area contributed by atoms with Crippen molar-refractivity contribution in [2.75, 3.05) is 19.6 Å². The molecule has 5 heteroatoms. The van der Waals surface area contributed by atoms with Crippen LogP contribution in [0, 0.1) is 0 Å². The number of hydrogen-bond acceptors (Lipinski definition) is 3. The zero-order valence-electron chi connectivity index (χ0n) is 15.1. The molecule has 1 aromatic heterocycles. The molecule has 0 spiro atoms. The molecular weight excluding hydrogens is 423 g/mol. The lowest BCUT2D eigenvalue weighted by atomic mass is 9.92.